The average molecular weight is 337 g/mol. The van der Waals surface area contributed by atoms with Crippen LogP contribution in [0.25, 0.3) is 0 Å². The van der Waals surface area contributed by atoms with Gasteiger partial charge in [0.05, 0.1) is 0 Å². The van der Waals surface area contributed by atoms with Gasteiger partial charge in [0.1, 0.15) is 0 Å². The van der Waals surface area contributed by atoms with Gasteiger partial charge < -0.3 is 5.11 Å². The summed E-state index contributed by atoms with van der Waals surface area (Å²) in [5.41, 5.74) is 0. The maximum absolute atomic E-state index is 10.9. The van der Waals surface area contributed by atoms with Crippen LogP contribution in [0.2, 0.25) is 0 Å². The van der Waals surface area contributed by atoms with E-state index in [0.29, 0.717) is 6.42 Å². The fraction of sp³-hybridized carbons (Fsp3) is 1.00. The molecule has 0 aromatic carbocycles. The van der Waals surface area contributed by atoms with Crippen molar-refractivity contribution in [3.05, 3.63) is 0 Å². The molecule has 0 spiro atoms. The van der Waals surface area contributed by atoms with Crippen LogP contribution in [0, 0.1) is 0 Å². The Morgan fingerprint density at radius 2 is 1.05 bits per heavy atom. The highest BCUT2D eigenvalue weighted by molar-refractivity contribution is 7.87. The van der Waals surface area contributed by atoms with Crippen molar-refractivity contribution in [1.82, 2.24) is 0 Å². The predicted octanol–water partition coefficient (Wildman–Crippen LogP) is 5.06. The van der Waals surface area contributed by atoms with Gasteiger partial charge in [-0.15, -0.1) is 0 Å². The molecule has 0 amide bonds. The molecule has 0 aromatic heterocycles. The van der Waals surface area contributed by atoms with E-state index < -0.39 is 15.1 Å². The summed E-state index contributed by atoms with van der Waals surface area (Å²) in [7, 11) is -4.36. The van der Waals surface area contributed by atoms with Crippen LogP contribution < -0.4 is 0 Å². The van der Waals surface area contributed by atoms with Crippen molar-refractivity contribution < 1.29 is 18.1 Å². The van der Waals surface area contributed by atoms with E-state index in [4.69, 9.17) is 4.55 Å². The lowest BCUT2D eigenvalue weighted by Gasteiger charge is -2.19. The highest BCUT2D eigenvalue weighted by atomic mass is 32.2. The van der Waals surface area contributed by atoms with Crippen molar-refractivity contribution in [2.75, 3.05) is 0 Å². The van der Waals surface area contributed by atoms with Crippen molar-refractivity contribution in [3.63, 3.8) is 0 Å². The van der Waals surface area contributed by atoms with E-state index in [9.17, 15) is 13.5 Å². The van der Waals surface area contributed by atoms with E-state index in [2.05, 4.69) is 6.92 Å². The molecule has 0 bridgehead atoms. The second kappa shape index (κ2) is 12.3. The lowest BCUT2D eigenvalue weighted by Crippen LogP contribution is -2.34. The smallest absolute Gasteiger partial charge is 0.294 e. The molecule has 2 N–H and O–H groups in total. The zero-order valence-corrected chi connectivity index (χ0v) is 15.3. The zero-order valence-electron chi connectivity index (χ0n) is 14.5. The molecule has 0 fully saturated rings. The molecule has 0 saturated carbocycles. The van der Waals surface area contributed by atoms with Crippen LogP contribution in [0.15, 0.2) is 0 Å². The Morgan fingerprint density at radius 3 is 1.36 bits per heavy atom. The van der Waals surface area contributed by atoms with E-state index in [1.165, 1.54) is 64.2 Å². The first kappa shape index (κ1) is 21.9. The van der Waals surface area contributed by atoms with Crippen LogP contribution in [0.1, 0.15) is 104 Å². The minimum absolute atomic E-state index is 0.101. The molecule has 0 aliphatic carbocycles. The Morgan fingerprint density at radius 1 is 0.727 bits per heavy atom. The second-order valence-corrected chi connectivity index (χ2v) is 8.47. The van der Waals surface area contributed by atoms with Crippen molar-refractivity contribution in [2.24, 2.45) is 0 Å². The number of aliphatic hydroxyl groups is 1. The lowest BCUT2D eigenvalue weighted by molar-refractivity contribution is 0.119. The van der Waals surface area contributed by atoms with Crippen LogP contribution in [0.5, 0.6) is 0 Å². The first-order valence-electron chi connectivity index (χ1n) is 9.00. The largest absolute Gasteiger partial charge is 0.373 e. The monoisotopic (exact) mass is 336 g/mol. The maximum atomic E-state index is 10.9. The van der Waals surface area contributed by atoms with Gasteiger partial charge in [0.25, 0.3) is 10.1 Å². The van der Waals surface area contributed by atoms with E-state index in [1.54, 1.807) is 0 Å². The SMILES string of the molecule is CCCCCCCCCCCCCCCC(C)(O)S(=O)(=O)O. The highest BCUT2D eigenvalue weighted by Gasteiger charge is 2.34. The van der Waals surface area contributed by atoms with Crippen LogP contribution in [0.3, 0.4) is 0 Å². The highest BCUT2D eigenvalue weighted by Crippen LogP contribution is 2.21. The van der Waals surface area contributed by atoms with E-state index in [1.807, 2.05) is 0 Å². The third-order valence-electron chi connectivity index (χ3n) is 4.30. The first-order chi connectivity index (χ1) is 10.3. The van der Waals surface area contributed by atoms with Crippen LogP contribution >= 0.6 is 0 Å². The molecule has 5 heteroatoms. The Bertz CT molecular complexity index is 350. The fourth-order valence-corrected chi connectivity index (χ4v) is 3.00. The Labute approximate surface area is 137 Å². The maximum Gasteiger partial charge on any atom is 0.294 e. The summed E-state index contributed by atoms with van der Waals surface area (Å²) in [5.74, 6) is 0. The summed E-state index contributed by atoms with van der Waals surface area (Å²) in [4.78, 5) is -2.00. The summed E-state index contributed by atoms with van der Waals surface area (Å²) >= 11 is 0. The number of hydrogen-bond donors (Lipinski definition) is 2. The van der Waals surface area contributed by atoms with Crippen molar-refractivity contribution in [3.8, 4) is 0 Å². The lowest BCUT2D eigenvalue weighted by atomic mass is 10.0. The standard InChI is InChI=1S/C17H36O4S/c1-3-4-5-6-7-8-9-10-11-12-13-14-15-16-17(2,18)22(19,20)21/h18H,3-16H2,1-2H3,(H,19,20,21). The third kappa shape index (κ3) is 11.4. The van der Waals surface area contributed by atoms with E-state index in [-0.39, 0.29) is 6.42 Å². The summed E-state index contributed by atoms with van der Waals surface area (Å²) in [6.07, 6.45) is 15.9. The Kier molecular flexibility index (Phi) is 12.2. The van der Waals surface area contributed by atoms with Gasteiger partial charge in [0, 0.05) is 0 Å². The molecular formula is C17H36O4S. The van der Waals surface area contributed by atoms with Gasteiger partial charge in [-0.25, -0.2) is 0 Å². The van der Waals surface area contributed by atoms with E-state index >= 15 is 0 Å². The summed E-state index contributed by atoms with van der Waals surface area (Å²) in [6.45, 7) is 3.40. The van der Waals surface area contributed by atoms with Crippen LogP contribution in [-0.2, 0) is 10.1 Å². The molecule has 22 heavy (non-hydrogen) atoms. The average Bonchev–Trinajstić information content (AvgIpc) is 2.42. The number of hydrogen-bond acceptors (Lipinski definition) is 3. The molecule has 0 heterocycles. The van der Waals surface area contributed by atoms with Crippen molar-refractivity contribution >= 4 is 10.1 Å². The molecule has 4 nitrogen and oxygen atoms in total. The fourth-order valence-electron chi connectivity index (χ4n) is 2.60. The topological polar surface area (TPSA) is 74.6 Å². The quantitative estimate of drug-likeness (QED) is 0.323. The van der Waals surface area contributed by atoms with E-state index in [0.717, 1.165) is 19.8 Å². The minimum atomic E-state index is -4.36. The summed E-state index contributed by atoms with van der Waals surface area (Å²) < 4.78 is 30.7. The van der Waals surface area contributed by atoms with Crippen molar-refractivity contribution in [1.29, 1.82) is 0 Å². The van der Waals surface area contributed by atoms with Gasteiger partial charge in [0.15, 0.2) is 4.93 Å². The van der Waals surface area contributed by atoms with Gasteiger partial charge in [-0.3, -0.25) is 4.55 Å². The molecule has 0 rings (SSSR count). The van der Waals surface area contributed by atoms with Gasteiger partial charge >= 0.3 is 0 Å². The third-order valence-corrected chi connectivity index (χ3v) is 5.62. The van der Waals surface area contributed by atoms with Gasteiger partial charge in [0.2, 0.25) is 0 Å². The minimum Gasteiger partial charge on any atom is -0.373 e. The Hall–Kier alpha value is -0.130. The molecule has 0 saturated heterocycles. The van der Waals surface area contributed by atoms with Gasteiger partial charge in [-0.05, 0) is 19.8 Å². The molecular weight excluding hydrogens is 300 g/mol. The van der Waals surface area contributed by atoms with Crippen LogP contribution in [0.4, 0.5) is 0 Å². The first-order valence-corrected chi connectivity index (χ1v) is 10.4. The molecule has 0 radical (unpaired) electrons. The molecule has 0 aliphatic heterocycles. The molecule has 0 aromatic rings. The summed E-state index contributed by atoms with van der Waals surface area (Å²) in [6, 6.07) is 0. The normalized spacial score (nSPS) is 14.9. The van der Waals surface area contributed by atoms with Gasteiger partial charge in [-0.2, -0.15) is 8.42 Å². The molecule has 134 valence electrons. The van der Waals surface area contributed by atoms with Crippen molar-refractivity contribution in [2.45, 2.75) is 109 Å². The molecule has 0 aliphatic rings. The summed E-state index contributed by atoms with van der Waals surface area (Å²) in [5, 5.41) is 9.59. The van der Waals surface area contributed by atoms with Gasteiger partial charge in [-0.1, -0.05) is 84.0 Å². The number of unbranched alkanes of at least 4 members (excludes halogenated alkanes) is 12. The Balaban J connectivity index is 3.31. The molecule has 1 atom stereocenters. The second-order valence-electron chi connectivity index (χ2n) is 6.64. The molecule has 1 unspecified atom stereocenters. The van der Waals surface area contributed by atoms with Crippen LogP contribution in [-0.4, -0.2) is 23.0 Å². The number of rotatable bonds is 15. The predicted molar refractivity (Wildman–Crippen MR) is 92.5 cm³/mol. The zero-order chi connectivity index (χ0) is 16.9.